The molecule has 0 aliphatic carbocycles. The van der Waals surface area contributed by atoms with Gasteiger partial charge in [0.05, 0.1) is 11.6 Å². The lowest BCUT2D eigenvalue weighted by atomic mass is 10.1. The molecule has 0 radical (unpaired) electrons. The van der Waals surface area contributed by atoms with Crippen molar-refractivity contribution in [3.63, 3.8) is 0 Å². The average Bonchev–Trinajstić information content (AvgIpc) is 2.45. The van der Waals surface area contributed by atoms with Crippen LogP contribution in [-0.4, -0.2) is 15.0 Å². The molecule has 1 aromatic carbocycles. The fourth-order valence-electron chi connectivity index (χ4n) is 1.53. The summed E-state index contributed by atoms with van der Waals surface area (Å²) >= 11 is 34.8. The first-order chi connectivity index (χ1) is 10.1. The fraction of sp³-hybridized carbons (Fsp3) is 0.167. The van der Waals surface area contributed by atoms with Crippen LogP contribution in [0.2, 0.25) is 0 Å². The van der Waals surface area contributed by atoms with E-state index in [0.717, 1.165) is 0 Å². The van der Waals surface area contributed by atoms with Crippen LogP contribution in [0.3, 0.4) is 0 Å². The first kappa shape index (κ1) is 17.8. The van der Waals surface area contributed by atoms with E-state index in [1.54, 1.807) is 24.3 Å². The van der Waals surface area contributed by atoms with Crippen molar-refractivity contribution in [1.82, 2.24) is 15.0 Å². The molecule has 114 valence electrons. The summed E-state index contributed by atoms with van der Waals surface area (Å²) in [6, 6.07) is 8.61. The normalized spacial score (nSPS) is 12.0. The van der Waals surface area contributed by atoms with Gasteiger partial charge in [-0.25, -0.2) is 15.0 Å². The summed E-state index contributed by atoms with van der Waals surface area (Å²) in [5.74, 6) is -0.358. The summed E-state index contributed by atoms with van der Waals surface area (Å²) in [6.07, 6.45) is 0. The van der Waals surface area contributed by atoms with Gasteiger partial charge < -0.3 is 0 Å². The minimum atomic E-state index is -1.94. The van der Waals surface area contributed by atoms with Crippen molar-refractivity contribution < 1.29 is 0 Å². The second-order valence-electron chi connectivity index (χ2n) is 3.96. The van der Waals surface area contributed by atoms with E-state index in [4.69, 9.17) is 74.9 Å². The van der Waals surface area contributed by atoms with Gasteiger partial charge in [-0.3, -0.25) is 0 Å². The Hall–Kier alpha value is -0.540. The minimum Gasteiger partial charge on any atom is -0.209 e. The van der Waals surface area contributed by atoms with Crippen LogP contribution in [0.4, 0.5) is 0 Å². The van der Waals surface area contributed by atoms with Crippen molar-refractivity contribution in [2.45, 2.75) is 7.59 Å². The van der Waals surface area contributed by atoms with Crippen molar-refractivity contribution >= 4 is 69.6 Å². The highest BCUT2D eigenvalue weighted by Gasteiger charge is 2.34. The highest BCUT2D eigenvalue weighted by molar-refractivity contribution is 6.67. The highest BCUT2D eigenvalue weighted by atomic mass is 35.6. The van der Waals surface area contributed by atoms with Gasteiger partial charge in [-0.05, 0) is 12.1 Å². The van der Waals surface area contributed by atoms with Crippen LogP contribution < -0.4 is 0 Å². The predicted molar refractivity (Wildman–Crippen MR) is 88.5 cm³/mol. The number of nitrogens with zero attached hydrogens (tertiary/aromatic N) is 4. The van der Waals surface area contributed by atoms with Gasteiger partial charge in [-0.2, -0.15) is 5.26 Å². The van der Waals surface area contributed by atoms with Gasteiger partial charge in [-0.1, -0.05) is 81.7 Å². The summed E-state index contributed by atoms with van der Waals surface area (Å²) in [7, 11) is 0. The fourth-order valence-corrected chi connectivity index (χ4v) is 2.03. The Balaban J connectivity index is 2.74. The molecule has 2 rings (SSSR count). The third-order valence-electron chi connectivity index (χ3n) is 2.43. The van der Waals surface area contributed by atoms with Crippen molar-refractivity contribution in [2.24, 2.45) is 0 Å². The Labute approximate surface area is 155 Å². The van der Waals surface area contributed by atoms with Crippen LogP contribution in [-0.2, 0) is 7.59 Å². The lowest BCUT2D eigenvalue weighted by Crippen LogP contribution is -2.17. The van der Waals surface area contributed by atoms with Crippen LogP contribution in [0, 0.1) is 11.3 Å². The highest BCUT2D eigenvalue weighted by Crippen LogP contribution is 2.40. The number of halogens is 6. The molecule has 1 heterocycles. The van der Waals surface area contributed by atoms with Gasteiger partial charge in [0.25, 0.3) is 0 Å². The van der Waals surface area contributed by atoms with Gasteiger partial charge in [-0.15, -0.1) is 0 Å². The molecule has 0 amide bonds. The molecule has 0 atom stereocenters. The minimum absolute atomic E-state index is 0.0646. The summed E-state index contributed by atoms with van der Waals surface area (Å²) in [4.78, 5) is 12.0. The third kappa shape index (κ3) is 4.05. The largest absolute Gasteiger partial charge is 0.250 e. The standard InChI is InChI=1S/C12H4Cl6N4/c13-11(14,15)9-20-8(21-10(22-9)12(16,17)18)7-4-2-1-3-6(7)5-19/h1-4H. The van der Waals surface area contributed by atoms with E-state index in [-0.39, 0.29) is 17.5 Å². The van der Waals surface area contributed by atoms with Crippen LogP contribution in [0.1, 0.15) is 17.2 Å². The molecule has 0 N–H and O–H groups in total. The zero-order valence-corrected chi connectivity index (χ0v) is 14.9. The van der Waals surface area contributed by atoms with Crippen molar-refractivity contribution in [1.29, 1.82) is 5.26 Å². The average molecular weight is 417 g/mol. The first-order valence-electron chi connectivity index (χ1n) is 5.53. The Morgan fingerprint density at radius 2 is 1.32 bits per heavy atom. The summed E-state index contributed by atoms with van der Waals surface area (Å²) in [5, 5.41) is 9.16. The number of hydrogen-bond acceptors (Lipinski definition) is 4. The molecule has 0 bridgehead atoms. The van der Waals surface area contributed by atoms with E-state index < -0.39 is 7.59 Å². The molecule has 0 saturated heterocycles. The quantitative estimate of drug-likeness (QED) is 0.609. The monoisotopic (exact) mass is 414 g/mol. The maximum absolute atomic E-state index is 9.16. The summed E-state index contributed by atoms with van der Waals surface area (Å²) in [5.41, 5.74) is 0.720. The van der Waals surface area contributed by atoms with E-state index in [1.807, 2.05) is 6.07 Å². The number of rotatable bonds is 1. The molecule has 10 heteroatoms. The molecule has 0 aliphatic rings. The van der Waals surface area contributed by atoms with Gasteiger partial charge >= 0.3 is 0 Å². The predicted octanol–water partition coefficient (Wildman–Crippen LogP) is 5.06. The molecule has 0 spiro atoms. The molecule has 0 aliphatic heterocycles. The number of nitriles is 1. The zero-order valence-electron chi connectivity index (χ0n) is 10.4. The Morgan fingerprint density at radius 1 is 0.818 bits per heavy atom. The Bertz CT molecular complexity index is 712. The van der Waals surface area contributed by atoms with Gasteiger partial charge in [0.1, 0.15) is 0 Å². The van der Waals surface area contributed by atoms with Gasteiger partial charge in [0, 0.05) is 5.56 Å². The number of alkyl halides is 6. The third-order valence-corrected chi connectivity index (χ3v) is 3.45. The smallest absolute Gasteiger partial charge is 0.209 e. The second kappa shape index (κ2) is 6.52. The molecule has 1 aromatic heterocycles. The van der Waals surface area contributed by atoms with Gasteiger partial charge in [0.2, 0.25) is 7.59 Å². The van der Waals surface area contributed by atoms with Crippen molar-refractivity contribution in [3.8, 4) is 17.5 Å². The summed E-state index contributed by atoms with van der Waals surface area (Å²) < 4.78 is -3.88. The van der Waals surface area contributed by atoms with E-state index in [9.17, 15) is 0 Å². The molecule has 22 heavy (non-hydrogen) atoms. The van der Waals surface area contributed by atoms with E-state index in [2.05, 4.69) is 15.0 Å². The molecule has 0 fully saturated rings. The van der Waals surface area contributed by atoms with E-state index in [0.29, 0.717) is 11.1 Å². The molecule has 0 saturated carbocycles. The maximum Gasteiger partial charge on any atom is 0.250 e. The Morgan fingerprint density at radius 3 is 1.77 bits per heavy atom. The molecular weight excluding hydrogens is 413 g/mol. The number of hydrogen-bond donors (Lipinski definition) is 0. The van der Waals surface area contributed by atoms with E-state index in [1.165, 1.54) is 0 Å². The SMILES string of the molecule is N#Cc1ccccc1-c1nc(C(Cl)(Cl)Cl)nc(C(Cl)(Cl)Cl)n1. The van der Waals surface area contributed by atoms with Crippen LogP contribution >= 0.6 is 69.6 Å². The number of aromatic nitrogens is 3. The zero-order chi connectivity index (χ0) is 16.5. The topological polar surface area (TPSA) is 62.5 Å². The summed E-state index contributed by atoms with van der Waals surface area (Å²) in [6.45, 7) is 0. The van der Waals surface area contributed by atoms with Crippen LogP contribution in [0.25, 0.3) is 11.4 Å². The lowest BCUT2D eigenvalue weighted by molar-refractivity contribution is 0.851. The van der Waals surface area contributed by atoms with Crippen LogP contribution in [0.15, 0.2) is 24.3 Å². The Kier molecular flexibility index (Phi) is 5.28. The maximum atomic E-state index is 9.16. The molecule has 4 nitrogen and oxygen atoms in total. The second-order valence-corrected chi connectivity index (χ2v) is 8.52. The number of benzene rings is 1. The van der Waals surface area contributed by atoms with Crippen molar-refractivity contribution in [2.75, 3.05) is 0 Å². The van der Waals surface area contributed by atoms with Crippen molar-refractivity contribution in [3.05, 3.63) is 41.5 Å². The molecule has 2 aromatic rings. The first-order valence-corrected chi connectivity index (χ1v) is 7.79. The molecule has 0 unspecified atom stereocenters. The van der Waals surface area contributed by atoms with Crippen LogP contribution in [0.5, 0.6) is 0 Å². The lowest BCUT2D eigenvalue weighted by Gasteiger charge is -2.15. The molecular formula is C12H4Cl6N4. The van der Waals surface area contributed by atoms with Gasteiger partial charge in [0.15, 0.2) is 17.5 Å². The van der Waals surface area contributed by atoms with E-state index >= 15 is 0 Å².